The maximum Gasteiger partial charge on any atom is 0.206 e. The molecular weight excluding hydrogens is 324 g/mol. The topological polar surface area (TPSA) is 43.1 Å². The number of halogens is 3. The molecule has 0 atom stereocenters. The van der Waals surface area contributed by atoms with E-state index in [0.29, 0.717) is 4.88 Å². The monoisotopic (exact) mass is 331 g/mol. The minimum atomic E-state index is -0.886. The molecule has 0 bridgehead atoms. The van der Waals surface area contributed by atoms with Crippen LogP contribution in [0.3, 0.4) is 0 Å². The first-order valence-electron chi connectivity index (χ1n) is 4.95. The number of nitrogen functional groups attached to an aromatic ring is 1. The first-order valence-corrected chi connectivity index (χ1v) is 6.56. The Labute approximate surface area is 115 Å². The van der Waals surface area contributed by atoms with Gasteiger partial charge in [0.15, 0.2) is 5.82 Å². The van der Waals surface area contributed by atoms with Gasteiger partial charge in [0.1, 0.15) is 5.82 Å². The van der Waals surface area contributed by atoms with Crippen molar-refractivity contribution in [1.82, 2.24) is 0 Å². The molecule has 0 aliphatic carbocycles. The lowest BCUT2D eigenvalue weighted by Gasteiger charge is -2.03. The van der Waals surface area contributed by atoms with Gasteiger partial charge in [-0.3, -0.25) is 4.79 Å². The van der Waals surface area contributed by atoms with Crippen LogP contribution in [0.5, 0.6) is 0 Å². The van der Waals surface area contributed by atoms with Gasteiger partial charge >= 0.3 is 0 Å². The highest BCUT2D eigenvalue weighted by atomic mass is 79.9. The van der Waals surface area contributed by atoms with Crippen molar-refractivity contribution in [1.29, 1.82) is 0 Å². The third kappa shape index (κ3) is 2.30. The zero-order valence-electron chi connectivity index (χ0n) is 9.26. The van der Waals surface area contributed by atoms with Gasteiger partial charge in [0, 0.05) is 9.35 Å². The molecule has 2 rings (SSSR count). The average molecular weight is 332 g/mol. The SMILES string of the molecule is Cc1sc(C(=O)c2cc(F)cc(N)c2F)cc1Br. The molecule has 94 valence electrons. The molecule has 0 aliphatic heterocycles. The molecular formula is C12H8BrF2NOS. The van der Waals surface area contributed by atoms with Crippen molar-refractivity contribution < 1.29 is 13.6 Å². The van der Waals surface area contributed by atoms with E-state index >= 15 is 0 Å². The highest BCUT2D eigenvalue weighted by Gasteiger charge is 2.20. The molecule has 0 radical (unpaired) electrons. The van der Waals surface area contributed by atoms with Crippen molar-refractivity contribution in [3.8, 4) is 0 Å². The van der Waals surface area contributed by atoms with Gasteiger partial charge in [-0.2, -0.15) is 0 Å². The zero-order valence-corrected chi connectivity index (χ0v) is 11.7. The molecule has 2 N–H and O–H groups in total. The lowest BCUT2D eigenvalue weighted by molar-refractivity contribution is 0.103. The fourth-order valence-corrected chi connectivity index (χ4v) is 2.97. The van der Waals surface area contributed by atoms with E-state index in [1.165, 1.54) is 11.3 Å². The summed E-state index contributed by atoms with van der Waals surface area (Å²) in [6, 6.07) is 3.29. The first kappa shape index (κ1) is 13.2. The van der Waals surface area contributed by atoms with Gasteiger partial charge in [0.25, 0.3) is 0 Å². The molecule has 0 amide bonds. The fraction of sp³-hybridized carbons (Fsp3) is 0.0833. The summed E-state index contributed by atoms with van der Waals surface area (Å²) in [5.74, 6) is -2.19. The van der Waals surface area contributed by atoms with Gasteiger partial charge in [-0.1, -0.05) is 0 Å². The molecule has 18 heavy (non-hydrogen) atoms. The quantitative estimate of drug-likeness (QED) is 0.669. The summed E-state index contributed by atoms with van der Waals surface area (Å²) in [7, 11) is 0. The Balaban J connectivity index is 2.52. The Bertz CT molecular complexity index is 620. The Hall–Kier alpha value is -1.27. The largest absolute Gasteiger partial charge is 0.396 e. The summed E-state index contributed by atoms with van der Waals surface area (Å²) in [4.78, 5) is 13.3. The van der Waals surface area contributed by atoms with Crippen molar-refractivity contribution in [3.63, 3.8) is 0 Å². The average Bonchev–Trinajstić information content (AvgIpc) is 2.63. The second kappa shape index (κ2) is 4.78. The van der Waals surface area contributed by atoms with Crippen LogP contribution in [-0.2, 0) is 0 Å². The smallest absolute Gasteiger partial charge is 0.206 e. The van der Waals surface area contributed by atoms with E-state index in [1.54, 1.807) is 6.07 Å². The number of nitrogens with two attached hydrogens (primary N) is 1. The number of thiophene rings is 1. The Morgan fingerprint density at radius 2 is 2.00 bits per heavy atom. The van der Waals surface area contributed by atoms with Crippen molar-refractivity contribution >= 4 is 38.7 Å². The lowest BCUT2D eigenvalue weighted by atomic mass is 10.1. The summed E-state index contributed by atoms with van der Waals surface area (Å²) >= 11 is 4.48. The van der Waals surface area contributed by atoms with Crippen LogP contribution >= 0.6 is 27.3 Å². The molecule has 0 fully saturated rings. The molecule has 6 heteroatoms. The van der Waals surface area contributed by atoms with Gasteiger partial charge in [-0.05, 0) is 41.1 Å². The molecule has 2 nitrogen and oxygen atoms in total. The number of carbonyl (C=O) groups is 1. The number of anilines is 1. The number of aryl methyl sites for hydroxylation is 1. The summed E-state index contributed by atoms with van der Waals surface area (Å²) in [5.41, 5.74) is 4.58. The Kier molecular flexibility index (Phi) is 3.49. The molecule has 1 aromatic carbocycles. The number of carbonyl (C=O) groups excluding carboxylic acids is 1. The number of hydrogen-bond donors (Lipinski definition) is 1. The number of ketones is 1. The van der Waals surface area contributed by atoms with Crippen LogP contribution in [0.25, 0.3) is 0 Å². The molecule has 0 unspecified atom stereocenters. The van der Waals surface area contributed by atoms with Crippen molar-refractivity contribution in [2.24, 2.45) is 0 Å². The van der Waals surface area contributed by atoms with Crippen LogP contribution in [0, 0.1) is 18.6 Å². The van der Waals surface area contributed by atoms with E-state index in [9.17, 15) is 13.6 Å². The van der Waals surface area contributed by atoms with Gasteiger partial charge in [0.2, 0.25) is 5.78 Å². The number of benzene rings is 1. The van der Waals surface area contributed by atoms with E-state index in [-0.39, 0.29) is 11.3 Å². The van der Waals surface area contributed by atoms with Crippen LogP contribution in [0.2, 0.25) is 0 Å². The summed E-state index contributed by atoms with van der Waals surface area (Å²) in [5, 5.41) is 0. The Morgan fingerprint density at radius 1 is 1.33 bits per heavy atom. The van der Waals surface area contributed by atoms with E-state index in [1.807, 2.05) is 6.92 Å². The second-order valence-electron chi connectivity index (χ2n) is 3.70. The van der Waals surface area contributed by atoms with E-state index < -0.39 is 17.4 Å². The maximum absolute atomic E-state index is 13.7. The minimum Gasteiger partial charge on any atom is -0.396 e. The van der Waals surface area contributed by atoms with Gasteiger partial charge in [-0.25, -0.2) is 8.78 Å². The van der Waals surface area contributed by atoms with Crippen LogP contribution in [0.15, 0.2) is 22.7 Å². The molecule has 1 heterocycles. The molecule has 0 spiro atoms. The summed E-state index contributed by atoms with van der Waals surface area (Å²) in [6.45, 7) is 1.82. The standard InChI is InChI=1S/C12H8BrF2NOS/c1-5-8(13)4-10(18-5)12(17)7-2-6(14)3-9(16)11(7)15/h2-4H,16H2,1H3. The molecule has 0 aliphatic rings. The van der Waals surface area contributed by atoms with Gasteiger partial charge in [-0.15, -0.1) is 11.3 Å². The van der Waals surface area contributed by atoms with Crippen LogP contribution in [0.1, 0.15) is 20.1 Å². The number of rotatable bonds is 2. The zero-order chi connectivity index (χ0) is 13.4. The predicted molar refractivity (Wildman–Crippen MR) is 71.0 cm³/mol. The third-order valence-electron chi connectivity index (χ3n) is 2.39. The van der Waals surface area contributed by atoms with Crippen LogP contribution in [0.4, 0.5) is 14.5 Å². The number of hydrogen-bond acceptors (Lipinski definition) is 3. The molecule has 0 saturated heterocycles. The molecule has 2 aromatic rings. The van der Waals surface area contributed by atoms with E-state index in [0.717, 1.165) is 21.5 Å². The van der Waals surface area contributed by atoms with E-state index in [2.05, 4.69) is 15.9 Å². The van der Waals surface area contributed by atoms with Crippen LogP contribution in [-0.4, -0.2) is 5.78 Å². The minimum absolute atomic E-state index is 0.336. The second-order valence-corrected chi connectivity index (χ2v) is 5.81. The van der Waals surface area contributed by atoms with Crippen LogP contribution < -0.4 is 5.73 Å². The van der Waals surface area contributed by atoms with Gasteiger partial charge < -0.3 is 5.73 Å². The lowest BCUT2D eigenvalue weighted by Crippen LogP contribution is -2.06. The third-order valence-corrected chi connectivity index (χ3v) is 4.53. The highest BCUT2D eigenvalue weighted by Crippen LogP contribution is 2.29. The molecule has 1 aromatic heterocycles. The van der Waals surface area contributed by atoms with Crippen molar-refractivity contribution in [3.05, 3.63) is 49.6 Å². The van der Waals surface area contributed by atoms with Crippen molar-refractivity contribution in [2.75, 3.05) is 5.73 Å². The first-order chi connectivity index (χ1) is 8.40. The van der Waals surface area contributed by atoms with E-state index in [4.69, 9.17) is 5.73 Å². The Morgan fingerprint density at radius 3 is 2.56 bits per heavy atom. The molecule has 0 saturated carbocycles. The fourth-order valence-electron chi connectivity index (χ4n) is 1.48. The highest BCUT2D eigenvalue weighted by molar-refractivity contribution is 9.10. The summed E-state index contributed by atoms with van der Waals surface area (Å²) < 4.78 is 27.6. The predicted octanol–water partition coefficient (Wildman–Crippen LogP) is 3.91. The maximum atomic E-state index is 13.7. The summed E-state index contributed by atoms with van der Waals surface area (Å²) in [6.07, 6.45) is 0. The normalized spacial score (nSPS) is 10.7. The van der Waals surface area contributed by atoms with Crippen molar-refractivity contribution in [2.45, 2.75) is 6.92 Å². The van der Waals surface area contributed by atoms with Gasteiger partial charge in [0.05, 0.1) is 16.1 Å².